The number of hydrogen-bond donors (Lipinski definition) is 1. The third-order valence-electron chi connectivity index (χ3n) is 3.35. The van der Waals surface area contributed by atoms with Crippen LogP contribution in [0.15, 0.2) is 0 Å². The van der Waals surface area contributed by atoms with Crippen LogP contribution in [-0.2, 0) is 4.74 Å². The lowest BCUT2D eigenvalue weighted by Crippen LogP contribution is -2.41. The first-order chi connectivity index (χ1) is 6.56. The highest BCUT2D eigenvalue weighted by atomic mass is 35.5. The van der Waals surface area contributed by atoms with Crippen LogP contribution in [0.25, 0.3) is 0 Å². The largest absolute Gasteiger partial charge is 0.379 e. The molecule has 0 aromatic heterocycles. The standard InChI is InChI=1S/C12H25NO.ClH/c1-10(2)9-13-11-5-7-12(3,14-4)8-6-11;/h10-11,13H,5-9H2,1-4H3;1H. The molecule has 0 aromatic rings. The lowest BCUT2D eigenvalue weighted by Gasteiger charge is -2.36. The molecule has 2 nitrogen and oxygen atoms in total. The van der Waals surface area contributed by atoms with E-state index in [2.05, 4.69) is 26.1 Å². The summed E-state index contributed by atoms with van der Waals surface area (Å²) < 4.78 is 5.52. The van der Waals surface area contributed by atoms with Gasteiger partial charge in [0.25, 0.3) is 0 Å². The number of nitrogens with one attached hydrogen (secondary N) is 1. The Balaban J connectivity index is 0.00000196. The van der Waals surface area contributed by atoms with E-state index in [-0.39, 0.29) is 18.0 Å². The third kappa shape index (κ3) is 5.19. The molecule has 0 aromatic carbocycles. The van der Waals surface area contributed by atoms with Crippen molar-refractivity contribution in [2.24, 2.45) is 5.92 Å². The topological polar surface area (TPSA) is 21.3 Å². The van der Waals surface area contributed by atoms with Crippen LogP contribution in [-0.4, -0.2) is 25.3 Å². The minimum absolute atomic E-state index is 0. The van der Waals surface area contributed by atoms with Crippen molar-refractivity contribution in [1.82, 2.24) is 5.32 Å². The second kappa shape index (κ2) is 6.72. The van der Waals surface area contributed by atoms with Crippen molar-refractivity contribution in [3.05, 3.63) is 0 Å². The van der Waals surface area contributed by atoms with Gasteiger partial charge in [0, 0.05) is 13.2 Å². The summed E-state index contributed by atoms with van der Waals surface area (Å²) in [5.41, 5.74) is 0.149. The zero-order valence-corrected chi connectivity index (χ0v) is 11.3. The summed E-state index contributed by atoms with van der Waals surface area (Å²) in [4.78, 5) is 0. The van der Waals surface area contributed by atoms with Crippen LogP contribution in [0.2, 0.25) is 0 Å². The van der Waals surface area contributed by atoms with E-state index in [1.54, 1.807) is 0 Å². The molecule has 0 saturated heterocycles. The monoisotopic (exact) mass is 235 g/mol. The molecule has 1 rings (SSSR count). The predicted octanol–water partition coefficient (Wildman–Crippen LogP) is 3.00. The van der Waals surface area contributed by atoms with Crippen molar-refractivity contribution in [2.75, 3.05) is 13.7 Å². The smallest absolute Gasteiger partial charge is 0.0652 e. The number of rotatable bonds is 4. The number of ether oxygens (including phenoxy) is 1. The van der Waals surface area contributed by atoms with Gasteiger partial charge in [-0.3, -0.25) is 0 Å². The van der Waals surface area contributed by atoms with Gasteiger partial charge in [-0.15, -0.1) is 12.4 Å². The molecule has 0 atom stereocenters. The summed E-state index contributed by atoms with van der Waals surface area (Å²) in [6.45, 7) is 7.89. The molecule has 0 bridgehead atoms. The Hall–Kier alpha value is 0.210. The maximum absolute atomic E-state index is 5.52. The van der Waals surface area contributed by atoms with Gasteiger partial charge in [0.1, 0.15) is 0 Å². The molecule has 1 saturated carbocycles. The zero-order chi connectivity index (χ0) is 10.6. The lowest BCUT2D eigenvalue weighted by atomic mass is 9.83. The van der Waals surface area contributed by atoms with Crippen LogP contribution in [0.3, 0.4) is 0 Å². The molecule has 0 aliphatic heterocycles. The SMILES string of the molecule is COC1(C)CCC(NCC(C)C)CC1.Cl. The van der Waals surface area contributed by atoms with E-state index in [9.17, 15) is 0 Å². The number of methoxy groups -OCH3 is 1. The molecule has 1 aliphatic rings. The van der Waals surface area contributed by atoms with Crippen molar-refractivity contribution >= 4 is 12.4 Å². The second-order valence-corrected chi connectivity index (χ2v) is 5.23. The maximum Gasteiger partial charge on any atom is 0.0652 e. The van der Waals surface area contributed by atoms with Crippen LogP contribution in [0.5, 0.6) is 0 Å². The van der Waals surface area contributed by atoms with Gasteiger partial charge < -0.3 is 10.1 Å². The predicted molar refractivity (Wildman–Crippen MR) is 67.8 cm³/mol. The second-order valence-electron chi connectivity index (χ2n) is 5.23. The molecule has 0 amide bonds. The van der Waals surface area contributed by atoms with Gasteiger partial charge in [-0.2, -0.15) is 0 Å². The Morgan fingerprint density at radius 1 is 1.33 bits per heavy atom. The van der Waals surface area contributed by atoms with Crippen molar-refractivity contribution in [3.63, 3.8) is 0 Å². The van der Waals surface area contributed by atoms with E-state index >= 15 is 0 Å². The molecule has 0 radical (unpaired) electrons. The molecule has 1 N–H and O–H groups in total. The van der Waals surface area contributed by atoms with Gasteiger partial charge in [-0.05, 0) is 45.1 Å². The Kier molecular flexibility index (Phi) is 6.81. The molecule has 3 heteroatoms. The minimum atomic E-state index is 0. The molecule has 15 heavy (non-hydrogen) atoms. The summed E-state index contributed by atoms with van der Waals surface area (Å²) in [7, 11) is 1.84. The summed E-state index contributed by atoms with van der Waals surface area (Å²) in [5.74, 6) is 0.755. The Morgan fingerprint density at radius 2 is 1.87 bits per heavy atom. The normalized spacial score (nSPS) is 31.4. The van der Waals surface area contributed by atoms with Crippen LogP contribution in [0.4, 0.5) is 0 Å². The quantitative estimate of drug-likeness (QED) is 0.809. The molecule has 1 fully saturated rings. The fourth-order valence-corrected chi connectivity index (χ4v) is 2.04. The lowest BCUT2D eigenvalue weighted by molar-refractivity contribution is -0.0292. The minimum Gasteiger partial charge on any atom is -0.379 e. The Labute approximate surface area is 101 Å². The van der Waals surface area contributed by atoms with Crippen LogP contribution < -0.4 is 5.32 Å². The van der Waals surface area contributed by atoms with Crippen molar-refractivity contribution < 1.29 is 4.74 Å². The van der Waals surface area contributed by atoms with Crippen LogP contribution >= 0.6 is 12.4 Å². The van der Waals surface area contributed by atoms with E-state index in [0.29, 0.717) is 0 Å². The van der Waals surface area contributed by atoms with Crippen molar-refractivity contribution in [3.8, 4) is 0 Å². The average molecular weight is 236 g/mol. The molecule has 0 heterocycles. The van der Waals surface area contributed by atoms with Gasteiger partial charge in [0.15, 0.2) is 0 Å². The van der Waals surface area contributed by atoms with Gasteiger partial charge in [0.05, 0.1) is 5.60 Å². The Morgan fingerprint density at radius 3 is 2.27 bits per heavy atom. The highest BCUT2D eigenvalue weighted by Crippen LogP contribution is 2.30. The molecule has 1 aliphatic carbocycles. The highest BCUT2D eigenvalue weighted by molar-refractivity contribution is 5.85. The summed E-state index contributed by atoms with van der Waals surface area (Å²) in [5, 5.41) is 3.63. The van der Waals surface area contributed by atoms with Crippen LogP contribution in [0, 0.1) is 5.92 Å². The van der Waals surface area contributed by atoms with Gasteiger partial charge >= 0.3 is 0 Å². The van der Waals surface area contributed by atoms with Crippen molar-refractivity contribution in [2.45, 2.75) is 58.1 Å². The summed E-state index contributed by atoms with van der Waals surface area (Å²) in [6, 6.07) is 0.723. The number of hydrogen-bond acceptors (Lipinski definition) is 2. The van der Waals surface area contributed by atoms with Gasteiger partial charge in [-0.25, -0.2) is 0 Å². The molecule has 92 valence electrons. The van der Waals surface area contributed by atoms with E-state index in [1.165, 1.54) is 25.7 Å². The van der Waals surface area contributed by atoms with Gasteiger partial charge in [0.2, 0.25) is 0 Å². The van der Waals surface area contributed by atoms with E-state index in [0.717, 1.165) is 18.5 Å². The highest BCUT2D eigenvalue weighted by Gasteiger charge is 2.30. The molecule has 0 unspecified atom stereocenters. The fourth-order valence-electron chi connectivity index (χ4n) is 2.04. The number of halogens is 1. The zero-order valence-electron chi connectivity index (χ0n) is 10.5. The first kappa shape index (κ1) is 15.2. The first-order valence-electron chi connectivity index (χ1n) is 5.84. The van der Waals surface area contributed by atoms with Gasteiger partial charge in [-0.1, -0.05) is 13.8 Å². The first-order valence-corrected chi connectivity index (χ1v) is 5.84. The summed E-state index contributed by atoms with van der Waals surface area (Å²) >= 11 is 0. The van der Waals surface area contributed by atoms with E-state index in [4.69, 9.17) is 4.74 Å². The maximum atomic E-state index is 5.52. The van der Waals surface area contributed by atoms with E-state index in [1.807, 2.05) is 7.11 Å². The van der Waals surface area contributed by atoms with Crippen LogP contribution in [0.1, 0.15) is 46.5 Å². The average Bonchev–Trinajstić information content (AvgIpc) is 2.17. The molecular weight excluding hydrogens is 210 g/mol. The molecule has 0 spiro atoms. The Bertz CT molecular complexity index is 165. The van der Waals surface area contributed by atoms with E-state index < -0.39 is 0 Å². The molecular formula is C12H26ClNO. The summed E-state index contributed by atoms with van der Waals surface area (Å²) in [6.07, 6.45) is 4.91. The van der Waals surface area contributed by atoms with Crippen molar-refractivity contribution in [1.29, 1.82) is 0 Å². The third-order valence-corrected chi connectivity index (χ3v) is 3.35. The fraction of sp³-hybridized carbons (Fsp3) is 1.00.